The second-order valence-corrected chi connectivity index (χ2v) is 13.9. The number of fused-ring (bicyclic) bond motifs is 2. The van der Waals surface area contributed by atoms with Crippen LogP contribution >= 0.6 is 0 Å². The molecule has 8 aromatic carbocycles. The van der Waals surface area contributed by atoms with Gasteiger partial charge in [-0.2, -0.15) is 0 Å². The van der Waals surface area contributed by atoms with Crippen LogP contribution in [0.25, 0.3) is 100 Å². The van der Waals surface area contributed by atoms with Crippen molar-refractivity contribution in [2.24, 2.45) is 0 Å². The van der Waals surface area contributed by atoms with E-state index >= 15 is 0 Å². The average Bonchev–Trinajstić information content (AvgIpc) is 3.29. The van der Waals surface area contributed by atoms with Crippen LogP contribution < -0.4 is 0 Å². The van der Waals surface area contributed by atoms with E-state index in [0.717, 1.165) is 55.9 Å². The minimum absolute atomic E-state index is 0.625. The van der Waals surface area contributed by atoms with Gasteiger partial charge in [0.1, 0.15) is 0 Å². The molecule has 10 aromatic rings. The first kappa shape index (κ1) is 33.0. The van der Waals surface area contributed by atoms with E-state index in [1.807, 2.05) is 60.7 Å². The lowest BCUT2D eigenvalue weighted by Crippen LogP contribution is -2.00. The molecule has 0 saturated carbocycles. The van der Waals surface area contributed by atoms with Crippen LogP contribution in [0.5, 0.6) is 0 Å². The minimum atomic E-state index is 0.625. The van der Waals surface area contributed by atoms with Crippen molar-refractivity contribution in [3.63, 3.8) is 0 Å². The Morgan fingerprint density at radius 2 is 0.696 bits per heavy atom. The molecular weight excluding hydrogens is 681 g/mol. The third-order valence-corrected chi connectivity index (χ3v) is 10.3. The summed E-state index contributed by atoms with van der Waals surface area (Å²) in [5.74, 6) is 1.91. The average molecular weight is 715 g/mol. The zero-order valence-electron chi connectivity index (χ0n) is 30.4. The molecule has 0 radical (unpaired) electrons. The lowest BCUT2D eigenvalue weighted by Gasteiger charge is -2.14. The van der Waals surface area contributed by atoms with Crippen molar-refractivity contribution in [3.8, 4) is 78.9 Å². The number of hydrogen-bond acceptors (Lipinski definition) is 4. The maximum Gasteiger partial charge on any atom is 0.164 e. The third kappa shape index (κ3) is 6.50. The summed E-state index contributed by atoms with van der Waals surface area (Å²) in [6.45, 7) is 0. The van der Waals surface area contributed by atoms with E-state index in [2.05, 4.69) is 146 Å². The topological polar surface area (TPSA) is 51.6 Å². The molecule has 0 atom stereocenters. The van der Waals surface area contributed by atoms with E-state index in [1.165, 1.54) is 27.1 Å². The zero-order chi connectivity index (χ0) is 37.3. The highest BCUT2D eigenvalue weighted by atomic mass is 15.0. The summed E-state index contributed by atoms with van der Waals surface area (Å²) in [7, 11) is 0. The molecule has 56 heavy (non-hydrogen) atoms. The van der Waals surface area contributed by atoms with Crippen molar-refractivity contribution >= 4 is 21.5 Å². The molecule has 4 nitrogen and oxygen atoms in total. The molecule has 0 aliphatic carbocycles. The van der Waals surface area contributed by atoms with Gasteiger partial charge < -0.3 is 0 Å². The Bertz CT molecular complexity index is 2970. The summed E-state index contributed by atoms with van der Waals surface area (Å²) in [5, 5.41) is 4.82. The molecule has 0 fully saturated rings. The highest BCUT2D eigenvalue weighted by molar-refractivity contribution is 5.98. The fourth-order valence-electron chi connectivity index (χ4n) is 7.44. The van der Waals surface area contributed by atoms with Gasteiger partial charge in [-0.3, -0.25) is 0 Å². The summed E-state index contributed by atoms with van der Waals surface area (Å²) in [5.41, 5.74) is 11.2. The predicted molar refractivity (Wildman–Crippen MR) is 231 cm³/mol. The first-order valence-electron chi connectivity index (χ1n) is 18.8. The molecule has 0 bridgehead atoms. The Morgan fingerprint density at radius 3 is 1.38 bits per heavy atom. The Kier molecular flexibility index (Phi) is 8.47. The number of nitrogens with zero attached hydrogens (tertiary/aromatic N) is 4. The van der Waals surface area contributed by atoms with Gasteiger partial charge in [0.15, 0.2) is 17.5 Å². The number of aromatic nitrogens is 4. The standard InChI is InChI=1S/C52H34N4/c1-3-16-37(17-4-1)50-54-51(38-18-5-2-6-19-38)56-52(55-50)44-25-12-23-41(32-44)40-22-11-24-42(31-40)48-33-45(47-27-13-21-36-15-9-10-26-46(36)47)34-49(53-48)43-29-28-35-14-7-8-20-39(35)30-43/h1-34H. The highest BCUT2D eigenvalue weighted by Crippen LogP contribution is 2.36. The maximum atomic E-state index is 5.34. The second-order valence-electron chi connectivity index (χ2n) is 13.9. The van der Waals surface area contributed by atoms with Crippen LogP contribution in [0.4, 0.5) is 0 Å². The van der Waals surface area contributed by atoms with Crippen molar-refractivity contribution < 1.29 is 0 Å². The van der Waals surface area contributed by atoms with Crippen molar-refractivity contribution in [1.29, 1.82) is 0 Å². The fourth-order valence-corrected chi connectivity index (χ4v) is 7.44. The van der Waals surface area contributed by atoms with E-state index in [-0.39, 0.29) is 0 Å². The Hall–Kier alpha value is -7.56. The van der Waals surface area contributed by atoms with Gasteiger partial charge in [0.05, 0.1) is 11.4 Å². The molecule has 0 unspecified atom stereocenters. The third-order valence-electron chi connectivity index (χ3n) is 10.3. The molecule has 262 valence electrons. The molecule has 10 rings (SSSR count). The van der Waals surface area contributed by atoms with E-state index < -0.39 is 0 Å². The molecule has 2 heterocycles. The number of hydrogen-bond donors (Lipinski definition) is 0. The SMILES string of the molecule is c1ccc(-c2nc(-c3ccccc3)nc(-c3cccc(-c4cccc(-c5cc(-c6cccc7ccccc67)cc(-c6ccc7ccccc7c6)n5)c4)c3)n2)cc1. The monoisotopic (exact) mass is 714 g/mol. The second kappa shape index (κ2) is 14.3. The molecule has 0 spiro atoms. The van der Waals surface area contributed by atoms with Crippen molar-refractivity contribution in [1.82, 2.24) is 19.9 Å². The van der Waals surface area contributed by atoms with Crippen molar-refractivity contribution in [2.45, 2.75) is 0 Å². The van der Waals surface area contributed by atoms with Gasteiger partial charge in [0.25, 0.3) is 0 Å². The van der Waals surface area contributed by atoms with Gasteiger partial charge in [0.2, 0.25) is 0 Å². The zero-order valence-corrected chi connectivity index (χ0v) is 30.4. The Morgan fingerprint density at radius 1 is 0.232 bits per heavy atom. The van der Waals surface area contributed by atoms with E-state index in [0.29, 0.717) is 17.5 Å². The van der Waals surface area contributed by atoms with Gasteiger partial charge in [-0.15, -0.1) is 0 Å². The first-order valence-corrected chi connectivity index (χ1v) is 18.8. The predicted octanol–water partition coefficient (Wildman–Crippen LogP) is 13.2. The van der Waals surface area contributed by atoms with Crippen LogP contribution in [0.2, 0.25) is 0 Å². The highest BCUT2D eigenvalue weighted by Gasteiger charge is 2.15. The quantitative estimate of drug-likeness (QED) is 0.165. The summed E-state index contributed by atoms with van der Waals surface area (Å²) >= 11 is 0. The lowest BCUT2D eigenvalue weighted by atomic mass is 9.94. The van der Waals surface area contributed by atoms with Crippen LogP contribution in [0.3, 0.4) is 0 Å². The number of pyridine rings is 1. The summed E-state index contributed by atoms with van der Waals surface area (Å²) < 4.78 is 0. The summed E-state index contributed by atoms with van der Waals surface area (Å²) in [6, 6.07) is 71.9. The van der Waals surface area contributed by atoms with Crippen LogP contribution in [0.15, 0.2) is 206 Å². The Labute approximate surface area is 325 Å². The summed E-state index contributed by atoms with van der Waals surface area (Å²) in [4.78, 5) is 20.2. The van der Waals surface area contributed by atoms with Crippen LogP contribution in [0.1, 0.15) is 0 Å². The molecule has 0 saturated heterocycles. The maximum absolute atomic E-state index is 5.34. The van der Waals surface area contributed by atoms with E-state index in [4.69, 9.17) is 19.9 Å². The van der Waals surface area contributed by atoms with Crippen LogP contribution in [-0.4, -0.2) is 19.9 Å². The largest absolute Gasteiger partial charge is 0.248 e. The summed E-state index contributed by atoms with van der Waals surface area (Å²) in [6.07, 6.45) is 0. The van der Waals surface area contributed by atoms with Gasteiger partial charge in [-0.1, -0.05) is 176 Å². The van der Waals surface area contributed by atoms with Crippen LogP contribution in [-0.2, 0) is 0 Å². The normalized spacial score (nSPS) is 11.2. The smallest absolute Gasteiger partial charge is 0.164 e. The lowest BCUT2D eigenvalue weighted by molar-refractivity contribution is 1.07. The number of rotatable bonds is 7. The number of benzene rings is 8. The van der Waals surface area contributed by atoms with Crippen molar-refractivity contribution in [3.05, 3.63) is 206 Å². The van der Waals surface area contributed by atoms with Gasteiger partial charge in [-0.25, -0.2) is 19.9 Å². The molecular formula is C52H34N4. The molecule has 2 aromatic heterocycles. The molecule has 0 amide bonds. The molecule has 0 aliphatic rings. The minimum Gasteiger partial charge on any atom is -0.248 e. The van der Waals surface area contributed by atoms with Gasteiger partial charge >= 0.3 is 0 Å². The molecule has 4 heteroatoms. The van der Waals surface area contributed by atoms with Crippen molar-refractivity contribution in [2.75, 3.05) is 0 Å². The first-order chi connectivity index (χ1) is 27.7. The Balaban J connectivity index is 1.08. The van der Waals surface area contributed by atoms with E-state index in [1.54, 1.807) is 0 Å². The van der Waals surface area contributed by atoms with E-state index in [9.17, 15) is 0 Å². The fraction of sp³-hybridized carbons (Fsp3) is 0. The molecule has 0 N–H and O–H groups in total. The van der Waals surface area contributed by atoms with Gasteiger partial charge in [-0.05, 0) is 74.1 Å². The van der Waals surface area contributed by atoms with Gasteiger partial charge in [0, 0.05) is 27.8 Å². The molecule has 0 aliphatic heterocycles. The van der Waals surface area contributed by atoms with Crippen LogP contribution in [0, 0.1) is 0 Å².